The zero-order chi connectivity index (χ0) is 15.9. The zero-order valence-electron chi connectivity index (χ0n) is 13.0. The summed E-state index contributed by atoms with van der Waals surface area (Å²) < 4.78 is 10.8. The van der Waals surface area contributed by atoms with Gasteiger partial charge in [-0.2, -0.15) is 0 Å². The maximum Gasteiger partial charge on any atom is 0.236 e. The molecule has 1 saturated heterocycles. The van der Waals surface area contributed by atoms with Gasteiger partial charge in [0.05, 0.1) is 32.3 Å². The minimum Gasteiger partial charge on any atom is -0.383 e. The SMILES string of the molecule is COCCNCC(=O)N1CC(c2ccccc2Cl)OCC1C. The Kier molecular flexibility index (Phi) is 6.64. The highest BCUT2D eigenvalue weighted by Gasteiger charge is 2.30. The van der Waals surface area contributed by atoms with E-state index in [0.717, 1.165) is 5.56 Å². The minimum atomic E-state index is -0.173. The second kappa shape index (κ2) is 8.48. The third-order valence-electron chi connectivity index (χ3n) is 3.76. The van der Waals surface area contributed by atoms with Crippen LogP contribution in [0, 0.1) is 0 Å². The van der Waals surface area contributed by atoms with Crippen molar-refractivity contribution in [2.24, 2.45) is 0 Å². The molecule has 2 unspecified atom stereocenters. The van der Waals surface area contributed by atoms with Crippen molar-refractivity contribution in [3.8, 4) is 0 Å². The molecule has 0 aromatic heterocycles. The molecule has 1 N–H and O–H groups in total. The van der Waals surface area contributed by atoms with E-state index in [1.807, 2.05) is 36.1 Å². The van der Waals surface area contributed by atoms with Gasteiger partial charge >= 0.3 is 0 Å². The van der Waals surface area contributed by atoms with Gasteiger partial charge in [-0.1, -0.05) is 29.8 Å². The summed E-state index contributed by atoms with van der Waals surface area (Å²) in [6.45, 7) is 4.59. The molecule has 1 aliphatic rings. The smallest absolute Gasteiger partial charge is 0.236 e. The number of benzene rings is 1. The fourth-order valence-electron chi connectivity index (χ4n) is 2.50. The fraction of sp³-hybridized carbons (Fsp3) is 0.562. The number of hydrogen-bond donors (Lipinski definition) is 1. The van der Waals surface area contributed by atoms with E-state index >= 15 is 0 Å². The summed E-state index contributed by atoms with van der Waals surface area (Å²) >= 11 is 6.23. The van der Waals surface area contributed by atoms with Crippen LogP contribution in [-0.4, -0.2) is 56.8 Å². The second-order valence-electron chi connectivity index (χ2n) is 5.41. The highest BCUT2D eigenvalue weighted by Crippen LogP contribution is 2.29. The van der Waals surface area contributed by atoms with Crippen molar-refractivity contribution in [1.82, 2.24) is 10.2 Å². The van der Waals surface area contributed by atoms with Crippen molar-refractivity contribution in [3.63, 3.8) is 0 Å². The summed E-state index contributed by atoms with van der Waals surface area (Å²) in [6.07, 6.45) is -0.173. The summed E-state index contributed by atoms with van der Waals surface area (Å²) in [5.74, 6) is 0.0731. The quantitative estimate of drug-likeness (QED) is 0.811. The number of nitrogens with zero attached hydrogens (tertiary/aromatic N) is 1. The van der Waals surface area contributed by atoms with E-state index in [1.165, 1.54) is 0 Å². The van der Waals surface area contributed by atoms with E-state index in [1.54, 1.807) is 7.11 Å². The summed E-state index contributed by atoms with van der Waals surface area (Å²) in [6, 6.07) is 7.68. The average Bonchev–Trinajstić information content (AvgIpc) is 2.52. The van der Waals surface area contributed by atoms with E-state index < -0.39 is 0 Å². The molecule has 5 nitrogen and oxygen atoms in total. The minimum absolute atomic E-state index is 0.0652. The van der Waals surface area contributed by atoms with Crippen LogP contribution in [0.5, 0.6) is 0 Å². The molecule has 1 heterocycles. The molecule has 0 radical (unpaired) electrons. The molecule has 1 aromatic rings. The molecule has 0 aliphatic carbocycles. The number of morpholine rings is 1. The third kappa shape index (κ3) is 4.43. The fourth-order valence-corrected chi connectivity index (χ4v) is 2.76. The largest absolute Gasteiger partial charge is 0.383 e. The van der Waals surface area contributed by atoms with Crippen molar-refractivity contribution in [2.75, 3.05) is 40.0 Å². The summed E-state index contributed by atoms with van der Waals surface area (Å²) in [7, 11) is 1.64. The Balaban J connectivity index is 1.96. The number of carbonyl (C=O) groups is 1. The van der Waals surface area contributed by atoms with E-state index in [0.29, 0.717) is 37.9 Å². The Labute approximate surface area is 136 Å². The monoisotopic (exact) mass is 326 g/mol. The predicted octanol–water partition coefficient (Wildman–Crippen LogP) is 1.86. The van der Waals surface area contributed by atoms with E-state index in [-0.39, 0.29) is 18.1 Å². The molecule has 122 valence electrons. The molecular formula is C16H23ClN2O3. The number of rotatable bonds is 6. The second-order valence-corrected chi connectivity index (χ2v) is 5.82. The maximum atomic E-state index is 12.4. The number of methoxy groups -OCH3 is 1. The molecule has 0 spiro atoms. The van der Waals surface area contributed by atoms with Gasteiger partial charge in [0.1, 0.15) is 6.10 Å². The lowest BCUT2D eigenvalue weighted by molar-refractivity contribution is -0.143. The molecule has 0 bridgehead atoms. The van der Waals surface area contributed by atoms with E-state index in [2.05, 4.69) is 5.32 Å². The normalized spacial score (nSPS) is 21.9. The van der Waals surface area contributed by atoms with E-state index in [4.69, 9.17) is 21.1 Å². The average molecular weight is 327 g/mol. The van der Waals surface area contributed by atoms with Crippen LogP contribution in [0.25, 0.3) is 0 Å². The van der Waals surface area contributed by atoms with Crippen molar-refractivity contribution in [1.29, 1.82) is 0 Å². The first-order chi connectivity index (χ1) is 10.6. The Morgan fingerprint density at radius 1 is 1.50 bits per heavy atom. The molecule has 22 heavy (non-hydrogen) atoms. The van der Waals surface area contributed by atoms with Crippen LogP contribution in [0.4, 0.5) is 0 Å². The van der Waals surface area contributed by atoms with Crippen LogP contribution in [0.2, 0.25) is 5.02 Å². The van der Waals surface area contributed by atoms with Gasteiger partial charge in [0, 0.05) is 24.2 Å². The van der Waals surface area contributed by atoms with Gasteiger partial charge in [-0.3, -0.25) is 4.79 Å². The maximum absolute atomic E-state index is 12.4. The molecule has 2 atom stereocenters. The van der Waals surface area contributed by atoms with Gasteiger partial charge in [0.2, 0.25) is 5.91 Å². The first kappa shape index (κ1) is 17.2. The van der Waals surface area contributed by atoms with Crippen molar-refractivity contribution < 1.29 is 14.3 Å². The standard InChI is InChI=1S/C16H23ClN2O3/c1-12-11-22-15(13-5-3-4-6-14(13)17)10-19(12)16(20)9-18-7-8-21-2/h3-6,12,15,18H,7-11H2,1-2H3. The van der Waals surface area contributed by atoms with Crippen LogP contribution in [0.15, 0.2) is 24.3 Å². The number of carbonyl (C=O) groups excluding carboxylic acids is 1. The lowest BCUT2D eigenvalue weighted by atomic mass is 10.1. The van der Waals surface area contributed by atoms with Crippen LogP contribution in [-0.2, 0) is 14.3 Å². The number of ether oxygens (including phenoxy) is 2. The number of hydrogen-bond acceptors (Lipinski definition) is 4. The Hall–Kier alpha value is -1.14. The van der Waals surface area contributed by atoms with Crippen molar-refractivity contribution >= 4 is 17.5 Å². The van der Waals surface area contributed by atoms with Crippen LogP contribution < -0.4 is 5.32 Å². The number of halogens is 1. The molecule has 0 saturated carbocycles. The first-order valence-corrected chi connectivity index (χ1v) is 7.86. The molecule has 6 heteroatoms. The van der Waals surface area contributed by atoms with Crippen LogP contribution >= 0.6 is 11.6 Å². The first-order valence-electron chi connectivity index (χ1n) is 7.48. The van der Waals surface area contributed by atoms with Crippen LogP contribution in [0.1, 0.15) is 18.6 Å². The Morgan fingerprint density at radius 2 is 2.27 bits per heavy atom. The summed E-state index contributed by atoms with van der Waals surface area (Å²) in [4.78, 5) is 14.2. The molecule has 2 rings (SSSR count). The van der Waals surface area contributed by atoms with Gasteiger partial charge in [0.25, 0.3) is 0 Å². The van der Waals surface area contributed by atoms with Gasteiger partial charge in [0.15, 0.2) is 0 Å². The van der Waals surface area contributed by atoms with Gasteiger partial charge < -0.3 is 19.7 Å². The Morgan fingerprint density at radius 3 is 3.00 bits per heavy atom. The highest BCUT2D eigenvalue weighted by atomic mass is 35.5. The molecule has 1 amide bonds. The van der Waals surface area contributed by atoms with E-state index in [9.17, 15) is 4.79 Å². The molecule has 1 fully saturated rings. The van der Waals surface area contributed by atoms with Crippen LogP contribution in [0.3, 0.4) is 0 Å². The number of nitrogens with one attached hydrogen (secondary N) is 1. The zero-order valence-corrected chi connectivity index (χ0v) is 13.8. The molecular weight excluding hydrogens is 304 g/mol. The summed E-state index contributed by atoms with van der Waals surface area (Å²) in [5.41, 5.74) is 0.932. The summed E-state index contributed by atoms with van der Waals surface area (Å²) in [5, 5.41) is 3.76. The predicted molar refractivity (Wildman–Crippen MR) is 86.1 cm³/mol. The van der Waals surface area contributed by atoms with Crippen molar-refractivity contribution in [3.05, 3.63) is 34.9 Å². The van der Waals surface area contributed by atoms with Gasteiger partial charge in [-0.05, 0) is 13.0 Å². The Bertz CT molecular complexity index is 498. The van der Waals surface area contributed by atoms with Crippen molar-refractivity contribution in [2.45, 2.75) is 19.1 Å². The molecule has 1 aliphatic heterocycles. The topological polar surface area (TPSA) is 50.8 Å². The van der Waals surface area contributed by atoms with Gasteiger partial charge in [-0.25, -0.2) is 0 Å². The van der Waals surface area contributed by atoms with Gasteiger partial charge in [-0.15, -0.1) is 0 Å². The number of amides is 1. The third-order valence-corrected chi connectivity index (χ3v) is 4.11. The lowest BCUT2D eigenvalue weighted by Gasteiger charge is -2.38. The lowest BCUT2D eigenvalue weighted by Crippen LogP contribution is -2.51. The molecule has 1 aromatic carbocycles. The highest BCUT2D eigenvalue weighted by molar-refractivity contribution is 6.31.